The van der Waals surface area contributed by atoms with Crippen LogP contribution in [0.15, 0.2) is 6.07 Å². The van der Waals surface area contributed by atoms with Gasteiger partial charge in [-0.1, -0.05) is 13.8 Å². The van der Waals surface area contributed by atoms with Crippen molar-refractivity contribution in [3.05, 3.63) is 21.4 Å². The Bertz CT molecular complexity index is 409. The average molecular weight is 236 g/mol. The van der Waals surface area contributed by atoms with Crippen LogP contribution in [0.5, 0.6) is 0 Å². The number of carbonyl (C=O) groups is 1. The molecule has 0 aliphatic heterocycles. The smallest absolute Gasteiger partial charge is 0.262 e. The van der Waals surface area contributed by atoms with Crippen LogP contribution in [-0.4, -0.2) is 11.9 Å². The van der Waals surface area contributed by atoms with Gasteiger partial charge in [-0.15, -0.1) is 11.3 Å². The van der Waals surface area contributed by atoms with Gasteiger partial charge in [0, 0.05) is 4.88 Å². The van der Waals surface area contributed by atoms with Crippen LogP contribution in [0, 0.1) is 31.1 Å². The van der Waals surface area contributed by atoms with Crippen LogP contribution in [0.1, 0.15) is 34.0 Å². The summed E-state index contributed by atoms with van der Waals surface area (Å²) in [5, 5.41) is 11.6. The molecular formula is C12H16N2OS. The molecule has 0 aromatic carbocycles. The topological polar surface area (TPSA) is 52.9 Å². The van der Waals surface area contributed by atoms with Gasteiger partial charge in [-0.3, -0.25) is 4.79 Å². The van der Waals surface area contributed by atoms with Gasteiger partial charge in [0.05, 0.1) is 10.9 Å². The number of thiophene rings is 1. The third kappa shape index (κ3) is 2.83. The number of amides is 1. The van der Waals surface area contributed by atoms with Gasteiger partial charge in [0.1, 0.15) is 6.04 Å². The van der Waals surface area contributed by atoms with Gasteiger partial charge in [-0.2, -0.15) is 5.26 Å². The molecule has 1 heterocycles. The molecule has 16 heavy (non-hydrogen) atoms. The summed E-state index contributed by atoms with van der Waals surface area (Å²) in [7, 11) is 0. The van der Waals surface area contributed by atoms with E-state index in [0.29, 0.717) is 4.88 Å². The highest BCUT2D eigenvalue weighted by atomic mass is 32.1. The van der Waals surface area contributed by atoms with E-state index in [-0.39, 0.29) is 11.8 Å². The van der Waals surface area contributed by atoms with E-state index in [4.69, 9.17) is 5.26 Å². The van der Waals surface area contributed by atoms with Crippen LogP contribution < -0.4 is 5.32 Å². The quantitative estimate of drug-likeness (QED) is 0.877. The molecule has 0 bridgehead atoms. The highest BCUT2D eigenvalue weighted by Gasteiger charge is 2.17. The first-order valence-electron chi connectivity index (χ1n) is 5.23. The summed E-state index contributed by atoms with van der Waals surface area (Å²) < 4.78 is 0. The van der Waals surface area contributed by atoms with Crippen LogP contribution in [0.2, 0.25) is 0 Å². The summed E-state index contributed by atoms with van der Waals surface area (Å²) >= 11 is 1.47. The molecule has 0 saturated heterocycles. The lowest BCUT2D eigenvalue weighted by molar-refractivity contribution is 0.0941. The monoisotopic (exact) mass is 236 g/mol. The van der Waals surface area contributed by atoms with E-state index < -0.39 is 6.04 Å². The van der Waals surface area contributed by atoms with Crippen LogP contribution in [0.4, 0.5) is 0 Å². The lowest BCUT2D eigenvalue weighted by Crippen LogP contribution is -2.36. The minimum absolute atomic E-state index is 0.121. The molecule has 4 heteroatoms. The maximum absolute atomic E-state index is 11.8. The predicted octanol–water partition coefficient (Wildman–Crippen LogP) is 2.64. The standard InChI is InChI=1S/C12H16N2OS/c1-7(2)10(6-13)14-12(15)11-5-8(3)9(4)16-11/h5,7,10H,1-4H3,(H,14,15). The molecule has 0 aliphatic rings. The summed E-state index contributed by atoms with van der Waals surface area (Å²) in [4.78, 5) is 13.7. The Kier molecular flexibility index (Phi) is 4.08. The number of nitrogens with one attached hydrogen (secondary N) is 1. The van der Waals surface area contributed by atoms with Gasteiger partial charge in [0.15, 0.2) is 0 Å². The minimum Gasteiger partial charge on any atom is -0.335 e. The maximum atomic E-state index is 11.8. The highest BCUT2D eigenvalue weighted by molar-refractivity contribution is 7.14. The van der Waals surface area contributed by atoms with E-state index in [1.807, 2.05) is 33.8 Å². The summed E-state index contributed by atoms with van der Waals surface area (Å²) in [6.45, 7) is 7.80. The Hall–Kier alpha value is -1.34. The van der Waals surface area contributed by atoms with E-state index >= 15 is 0 Å². The van der Waals surface area contributed by atoms with E-state index in [1.54, 1.807) is 0 Å². The van der Waals surface area contributed by atoms with Gasteiger partial charge in [-0.05, 0) is 31.4 Å². The lowest BCUT2D eigenvalue weighted by atomic mass is 10.1. The van der Waals surface area contributed by atoms with Gasteiger partial charge in [0.2, 0.25) is 0 Å². The number of carbonyl (C=O) groups excluding carboxylic acids is 1. The largest absolute Gasteiger partial charge is 0.335 e. The predicted molar refractivity (Wildman–Crippen MR) is 65.5 cm³/mol. The second-order valence-electron chi connectivity index (χ2n) is 4.17. The molecule has 86 valence electrons. The zero-order valence-electron chi connectivity index (χ0n) is 10.00. The molecule has 0 spiro atoms. The zero-order valence-corrected chi connectivity index (χ0v) is 10.8. The Labute approximate surface area is 100 Å². The van der Waals surface area contributed by atoms with Gasteiger partial charge in [-0.25, -0.2) is 0 Å². The number of hydrogen-bond acceptors (Lipinski definition) is 3. The molecule has 1 amide bonds. The van der Waals surface area contributed by atoms with Crippen molar-refractivity contribution in [2.45, 2.75) is 33.7 Å². The van der Waals surface area contributed by atoms with Crippen molar-refractivity contribution in [3.8, 4) is 6.07 Å². The summed E-state index contributed by atoms with van der Waals surface area (Å²) in [6.07, 6.45) is 0. The Morgan fingerprint density at radius 2 is 2.12 bits per heavy atom. The fraction of sp³-hybridized carbons (Fsp3) is 0.500. The first-order valence-corrected chi connectivity index (χ1v) is 6.05. The third-order valence-corrected chi connectivity index (χ3v) is 3.63. The van der Waals surface area contributed by atoms with Crippen molar-refractivity contribution in [2.24, 2.45) is 5.92 Å². The summed E-state index contributed by atoms with van der Waals surface area (Å²) in [5.74, 6) is -0.0300. The normalized spacial score (nSPS) is 12.2. The Balaban J connectivity index is 2.76. The molecule has 0 aliphatic carbocycles. The van der Waals surface area contributed by atoms with Gasteiger partial charge >= 0.3 is 0 Å². The highest BCUT2D eigenvalue weighted by Crippen LogP contribution is 2.20. The van der Waals surface area contributed by atoms with Crippen molar-refractivity contribution < 1.29 is 4.79 Å². The Morgan fingerprint density at radius 1 is 1.50 bits per heavy atom. The molecule has 1 atom stereocenters. The number of aryl methyl sites for hydroxylation is 2. The molecule has 0 radical (unpaired) electrons. The van der Waals surface area contributed by atoms with Gasteiger partial charge in [0.25, 0.3) is 5.91 Å². The SMILES string of the molecule is Cc1cc(C(=O)NC(C#N)C(C)C)sc1C. The van der Waals surface area contributed by atoms with Crippen molar-refractivity contribution in [1.29, 1.82) is 5.26 Å². The third-order valence-electron chi connectivity index (χ3n) is 2.48. The number of nitrogens with zero attached hydrogens (tertiary/aromatic N) is 1. The lowest BCUT2D eigenvalue weighted by Gasteiger charge is -2.13. The van der Waals surface area contributed by atoms with Crippen LogP contribution in [-0.2, 0) is 0 Å². The number of nitriles is 1. The van der Waals surface area contributed by atoms with Crippen LogP contribution >= 0.6 is 11.3 Å². The first-order chi connectivity index (χ1) is 7.45. The van der Waals surface area contributed by atoms with Crippen molar-refractivity contribution >= 4 is 17.2 Å². The molecule has 3 nitrogen and oxygen atoms in total. The minimum atomic E-state index is -0.421. The van der Waals surface area contributed by atoms with Gasteiger partial charge < -0.3 is 5.32 Å². The van der Waals surface area contributed by atoms with E-state index in [1.165, 1.54) is 11.3 Å². The van der Waals surface area contributed by atoms with Crippen molar-refractivity contribution in [1.82, 2.24) is 5.32 Å². The van der Waals surface area contributed by atoms with Crippen molar-refractivity contribution in [2.75, 3.05) is 0 Å². The maximum Gasteiger partial charge on any atom is 0.262 e. The molecular weight excluding hydrogens is 220 g/mol. The number of rotatable bonds is 3. The van der Waals surface area contributed by atoms with Crippen LogP contribution in [0.25, 0.3) is 0 Å². The number of hydrogen-bond donors (Lipinski definition) is 1. The second kappa shape index (κ2) is 5.13. The van der Waals surface area contributed by atoms with E-state index in [2.05, 4.69) is 11.4 Å². The fourth-order valence-corrected chi connectivity index (χ4v) is 2.18. The molecule has 1 N–H and O–H groups in total. The summed E-state index contributed by atoms with van der Waals surface area (Å²) in [6, 6.07) is 3.54. The average Bonchev–Trinajstić information content (AvgIpc) is 2.55. The molecule has 1 rings (SSSR count). The molecule has 0 saturated carbocycles. The Morgan fingerprint density at radius 3 is 2.50 bits per heavy atom. The molecule has 1 unspecified atom stereocenters. The van der Waals surface area contributed by atoms with Crippen LogP contribution in [0.3, 0.4) is 0 Å². The zero-order chi connectivity index (χ0) is 12.3. The van der Waals surface area contributed by atoms with E-state index in [0.717, 1.165) is 10.4 Å². The molecule has 1 aromatic rings. The summed E-state index contributed by atoms with van der Waals surface area (Å²) in [5.41, 5.74) is 1.12. The van der Waals surface area contributed by atoms with E-state index in [9.17, 15) is 4.79 Å². The second-order valence-corrected chi connectivity index (χ2v) is 5.43. The van der Waals surface area contributed by atoms with Crippen molar-refractivity contribution in [3.63, 3.8) is 0 Å². The fourth-order valence-electron chi connectivity index (χ4n) is 1.25. The molecule has 0 fully saturated rings. The first kappa shape index (κ1) is 12.7. The molecule has 1 aromatic heterocycles.